The molecule has 0 atom stereocenters. The van der Waals surface area contributed by atoms with E-state index in [9.17, 15) is 4.79 Å². The molecule has 1 amide bonds. The Morgan fingerprint density at radius 3 is 2.69 bits per heavy atom. The van der Waals surface area contributed by atoms with Gasteiger partial charge in [-0.1, -0.05) is 34.1 Å². The second-order valence-electron chi connectivity index (χ2n) is 4.23. The Labute approximate surface area is 108 Å². The molecule has 2 nitrogen and oxygen atoms in total. The van der Waals surface area contributed by atoms with Crippen molar-refractivity contribution in [1.29, 1.82) is 0 Å². The average Bonchev–Trinajstić information content (AvgIpc) is 3.01. The molecule has 1 saturated carbocycles. The van der Waals surface area contributed by atoms with Gasteiger partial charge >= 0.3 is 0 Å². The highest BCUT2D eigenvalue weighted by atomic mass is 79.9. The summed E-state index contributed by atoms with van der Waals surface area (Å²) in [6.45, 7) is 0. The van der Waals surface area contributed by atoms with Crippen molar-refractivity contribution >= 4 is 33.4 Å². The van der Waals surface area contributed by atoms with Crippen LogP contribution in [0.1, 0.15) is 18.4 Å². The summed E-state index contributed by atoms with van der Waals surface area (Å²) in [5, 5.41) is 3.00. The van der Waals surface area contributed by atoms with Crippen LogP contribution in [0.5, 0.6) is 0 Å². The molecule has 1 aromatic rings. The van der Waals surface area contributed by atoms with Crippen LogP contribution in [0.25, 0.3) is 0 Å². The SMILES string of the molecule is O=C(CCl)NC1(Cc2ccccc2Br)CC1. The van der Waals surface area contributed by atoms with Gasteiger partial charge in [-0.3, -0.25) is 4.79 Å². The van der Waals surface area contributed by atoms with E-state index in [-0.39, 0.29) is 17.3 Å². The number of benzene rings is 1. The summed E-state index contributed by atoms with van der Waals surface area (Å²) in [7, 11) is 0. The van der Waals surface area contributed by atoms with Crippen molar-refractivity contribution in [3.63, 3.8) is 0 Å². The van der Waals surface area contributed by atoms with Gasteiger partial charge in [-0.2, -0.15) is 0 Å². The second-order valence-corrected chi connectivity index (χ2v) is 5.35. The molecule has 0 bridgehead atoms. The summed E-state index contributed by atoms with van der Waals surface area (Å²) in [6, 6.07) is 8.11. The Bertz CT molecular complexity index is 404. The number of carbonyl (C=O) groups is 1. The lowest BCUT2D eigenvalue weighted by atomic mass is 10.0. The molecule has 1 aliphatic carbocycles. The van der Waals surface area contributed by atoms with Crippen LogP contribution in [0.2, 0.25) is 0 Å². The quantitative estimate of drug-likeness (QED) is 0.851. The lowest BCUT2D eigenvalue weighted by molar-refractivity contribution is -0.119. The van der Waals surface area contributed by atoms with Gasteiger partial charge < -0.3 is 5.32 Å². The maximum absolute atomic E-state index is 11.3. The zero-order valence-electron chi connectivity index (χ0n) is 8.80. The molecular formula is C12H13BrClNO. The highest BCUT2D eigenvalue weighted by Crippen LogP contribution is 2.39. The Morgan fingerprint density at radius 2 is 2.12 bits per heavy atom. The van der Waals surface area contributed by atoms with E-state index in [1.807, 2.05) is 18.2 Å². The van der Waals surface area contributed by atoms with E-state index in [2.05, 4.69) is 27.3 Å². The molecule has 86 valence electrons. The van der Waals surface area contributed by atoms with E-state index in [1.165, 1.54) is 5.56 Å². The van der Waals surface area contributed by atoms with Crippen LogP contribution in [-0.4, -0.2) is 17.3 Å². The Kier molecular flexibility index (Phi) is 3.55. The van der Waals surface area contributed by atoms with Gasteiger partial charge in [0.15, 0.2) is 0 Å². The van der Waals surface area contributed by atoms with Gasteiger partial charge in [-0.25, -0.2) is 0 Å². The topological polar surface area (TPSA) is 29.1 Å². The number of nitrogens with one attached hydrogen (secondary N) is 1. The summed E-state index contributed by atoms with van der Waals surface area (Å²) >= 11 is 9.02. The number of amides is 1. The minimum atomic E-state index is -0.0776. The van der Waals surface area contributed by atoms with Crippen LogP contribution in [0.4, 0.5) is 0 Å². The van der Waals surface area contributed by atoms with Gasteiger partial charge in [0, 0.05) is 10.0 Å². The standard InChI is InChI=1S/C12H13BrClNO/c13-10-4-2-1-3-9(10)7-12(5-6-12)15-11(16)8-14/h1-4H,5-8H2,(H,15,16). The third kappa shape index (κ3) is 2.77. The molecule has 0 radical (unpaired) electrons. The van der Waals surface area contributed by atoms with Gasteiger partial charge in [-0.15, -0.1) is 11.6 Å². The van der Waals surface area contributed by atoms with E-state index in [1.54, 1.807) is 0 Å². The molecule has 0 unspecified atom stereocenters. The van der Waals surface area contributed by atoms with Crippen LogP contribution >= 0.6 is 27.5 Å². The zero-order valence-corrected chi connectivity index (χ0v) is 11.1. The molecule has 0 saturated heterocycles. The van der Waals surface area contributed by atoms with Gasteiger partial charge in [0.25, 0.3) is 0 Å². The summed E-state index contributed by atoms with van der Waals surface area (Å²) < 4.78 is 1.10. The van der Waals surface area contributed by atoms with Crippen molar-refractivity contribution in [1.82, 2.24) is 5.32 Å². The van der Waals surface area contributed by atoms with E-state index in [0.717, 1.165) is 23.7 Å². The maximum Gasteiger partial charge on any atom is 0.235 e. The molecule has 2 rings (SSSR count). The molecular weight excluding hydrogens is 289 g/mol. The van der Waals surface area contributed by atoms with Crippen LogP contribution < -0.4 is 5.32 Å². The average molecular weight is 303 g/mol. The van der Waals surface area contributed by atoms with E-state index >= 15 is 0 Å². The highest BCUT2D eigenvalue weighted by Gasteiger charge is 2.43. The summed E-state index contributed by atoms with van der Waals surface area (Å²) in [4.78, 5) is 11.3. The number of alkyl halides is 1. The normalized spacial score (nSPS) is 16.9. The molecule has 1 N–H and O–H groups in total. The molecule has 4 heteroatoms. The van der Waals surface area contributed by atoms with Gasteiger partial charge in [0.05, 0.1) is 0 Å². The summed E-state index contributed by atoms with van der Waals surface area (Å²) in [5.74, 6) is -0.0382. The Balaban J connectivity index is 2.05. The molecule has 1 fully saturated rings. The molecule has 1 aliphatic rings. The van der Waals surface area contributed by atoms with Crippen LogP contribution in [0, 0.1) is 0 Å². The smallest absolute Gasteiger partial charge is 0.235 e. The van der Waals surface area contributed by atoms with Gasteiger partial charge in [0.2, 0.25) is 5.91 Å². The van der Waals surface area contributed by atoms with Crippen molar-refractivity contribution in [2.24, 2.45) is 0 Å². The maximum atomic E-state index is 11.3. The van der Waals surface area contributed by atoms with Crippen LogP contribution in [0.15, 0.2) is 28.7 Å². The van der Waals surface area contributed by atoms with E-state index in [0.29, 0.717) is 0 Å². The molecule has 16 heavy (non-hydrogen) atoms. The second kappa shape index (κ2) is 4.76. The third-order valence-corrected chi connectivity index (χ3v) is 3.88. The lowest BCUT2D eigenvalue weighted by Crippen LogP contribution is -2.39. The number of hydrogen-bond acceptors (Lipinski definition) is 1. The fourth-order valence-corrected chi connectivity index (χ4v) is 2.32. The first-order chi connectivity index (χ1) is 7.65. The van der Waals surface area contributed by atoms with Crippen LogP contribution in [-0.2, 0) is 11.2 Å². The van der Waals surface area contributed by atoms with Gasteiger partial charge in [-0.05, 0) is 30.9 Å². The number of hydrogen-bond donors (Lipinski definition) is 1. The monoisotopic (exact) mass is 301 g/mol. The molecule has 0 spiro atoms. The summed E-state index contributed by atoms with van der Waals surface area (Å²) in [6.07, 6.45) is 2.95. The first kappa shape index (κ1) is 11.9. The van der Waals surface area contributed by atoms with Crippen molar-refractivity contribution in [3.8, 4) is 0 Å². The first-order valence-electron chi connectivity index (χ1n) is 5.26. The predicted molar refractivity (Wildman–Crippen MR) is 68.7 cm³/mol. The number of carbonyl (C=O) groups excluding carboxylic acids is 1. The van der Waals surface area contributed by atoms with E-state index in [4.69, 9.17) is 11.6 Å². The zero-order chi connectivity index (χ0) is 11.6. The minimum absolute atomic E-state index is 0.0394. The van der Waals surface area contributed by atoms with E-state index < -0.39 is 0 Å². The fourth-order valence-electron chi connectivity index (χ4n) is 1.83. The molecule has 1 aromatic carbocycles. The van der Waals surface area contributed by atoms with Gasteiger partial charge in [0.1, 0.15) is 5.88 Å². The lowest BCUT2D eigenvalue weighted by Gasteiger charge is -2.17. The largest absolute Gasteiger partial charge is 0.349 e. The van der Waals surface area contributed by atoms with Crippen LogP contribution in [0.3, 0.4) is 0 Å². The highest BCUT2D eigenvalue weighted by molar-refractivity contribution is 9.10. The van der Waals surface area contributed by atoms with Crippen molar-refractivity contribution in [2.45, 2.75) is 24.8 Å². The van der Waals surface area contributed by atoms with Crippen molar-refractivity contribution in [2.75, 3.05) is 5.88 Å². The Morgan fingerprint density at radius 1 is 1.44 bits per heavy atom. The number of rotatable bonds is 4. The first-order valence-corrected chi connectivity index (χ1v) is 6.58. The molecule has 0 aliphatic heterocycles. The van der Waals surface area contributed by atoms with Crippen molar-refractivity contribution < 1.29 is 4.79 Å². The Hall–Kier alpha value is -0.540. The minimum Gasteiger partial charge on any atom is -0.349 e. The van der Waals surface area contributed by atoms with Crippen molar-refractivity contribution in [3.05, 3.63) is 34.3 Å². The third-order valence-electron chi connectivity index (χ3n) is 2.87. The predicted octanol–water partition coefficient (Wildman–Crippen LogP) is 2.88. The summed E-state index contributed by atoms with van der Waals surface area (Å²) in [5.41, 5.74) is 1.19. The molecule has 0 aromatic heterocycles. The fraction of sp³-hybridized carbons (Fsp3) is 0.417. The number of halogens is 2. The molecule has 0 heterocycles.